The number of benzene rings is 2. The van der Waals surface area contributed by atoms with Gasteiger partial charge >= 0.3 is 5.97 Å². The fourth-order valence-electron chi connectivity index (χ4n) is 3.10. The lowest BCUT2D eigenvalue weighted by molar-refractivity contribution is 0.0526. The van der Waals surface area contributed by atoms with Crippen LogP contribution in [0.15, 0.2) is 36.4 Å². The third kappa shape index (κ3) is 4.99. The third-order valence-electron chi connectivity index (χ3n) is 4.51. The van der Waals surface area contributed by atoms with E-state index in [1.165, 1.54) is 7.11 Å². The number of halogens is 1. The van der Waals surface area contributed by atoms with Crippen molar-refractivity contribution >= 4 is 34.9 Å². The van der Waals surface area contributed by atoms with Crippen molar-refractivity contribution in [3.63, 3.8) is 0 Å². The van der Waals surface area contributed by atoms with Gasteiger partial charge in [0.25, 0.3) is 5.91 Å². The molecule has 0 bridgehead atoms. The van der Waals surface area contributed by atoms with Gasteiger partial charge in [-0.1, -0.05) is 11.6 Å². The molecule has 29 heavy (non-hydrogen) atoms. The molecule has 2 aromatic carbocycles. The summed E-state index contributed by atoms with van der Waals surface area (Å²) in [5.74, 6) is -0.432. The van der Waals surface area contributed by atoms with E-state index in [1.807, 2.05) is 6.07 Å². The summed E-state index contributed by atoms with van der Waals surface area (Å²) in [6.07, 6.45) is 0. The van der Waals surface area contributed by atoms with Gasteiger partial charge in [-0.2, -0.15) is 0 Å². The first-order valence-electron chi connectivity index (χ1n) is 9.32. The van der Waals surface area contributed by atoms with Crippen molar-refractivity contribution in [2.24, 2.45) is 0 Å². The summed E-state index contributed by atoms with van der Waals surface area (Å²) in [5, 5.41) is 3.32. The fraction of sp³-hybridized carbons (Fsp3) is 0.333. The summed E-state index contributed by atoms with van der Waals surface area (Å²) in [6.45, 7) is 4.56. The van der Waals surface area contributed by atoms with Crippen LogP contribution in [-0.4, -0.2) is 51.9 Å². The molecule has 0 aromatic heterocycles. The van der Waals surface area contributed by atoms with E-state index in [0.717, 1.165) is 5.69 Å². The Kier molecular flexibility index (Phi) is 6.95. The molecule has 0 radical (unpaired) electrons. The second-order valence-electron chi connectivity index (χ2n) is 6.35. The number of amides is 1. The number of hydrogen-bond donors (Lipinski definition) is 1. The number of anilines is 2. The largest absolute Gasteiger partial charge is 0.496 e. The second kappa shape index (κ2) is 9.62. The minimum absolute atomic E-state index is 0.269. The summed E-state index contributed by atoms with van der Waals surface area (Å²) in [7, 11) is 1.49. The van der Waals surface area contributed by atoms with Crippen LogP contribution in [0.2, 0.25) is 5.02 Å². The van der Waals surface area contributed by atoms with Crippen molar-refractivity contribution in [2.45, 2.75) is 6.92 Å². The van der Waals surface area contributed by atoms with E-state index in [2.05, 4.69) is 10.2 Å². The molecule has 0 aliphatic carbocycles. The molecule has 1 fully saturated rings. The molecule has 3 rings (SSSR count). The number of methoxy groups -OCH3 is 1. The number of esters is 1. The van der Waals surface area contributed by atoms with Crippen LogP contribution >= 0.6 is 11.6 Å². The van der Waals surface area contributed by atoms with Crippen LogP contribution in [-0.2, 0) is 9.47 Å². The third-order valence-corrected chi connectivity index (χ3v) is 4.75. The fourth-order valence-corrected chi connectivity index (χ4v) is 3.28. The van der Waals surface area contributed by atoms with Gasteiger partial charge in [-0.15, -0.1) is 0 Å². The van der Waals surface area contributed by atoms with Crippen LogP contribution in [0.25, 0.3) is 0 Å². The first-order valence-corrected chi connectivity index (χ1v) is 9.70. The molecule has 154 valence electrons. The molecule has 1 aliphatic rings. The predicted octanol–water partition coefficient (Wildman–Crippen LogP) is 3.61. The highest BCUT2D eigenvalue weighted by Crippen LogP contribution is 2.30. The van der Waals surface area contributed by atoms with Crippen molar-refractivity contribution in [3.05, 3.63) is 52.5 Å². The van der Waals surface area contributed by atoms with E-state index < -0.39 is 5.97 Å². The Bertz CT molecular complexity index is 897. The van der Waals surface area contributed by atoms with Crippen LogP contribution in [0.5, 0.6) is 5.75 Å². The lowest BCUT2D eigenvalue weighted by atomic mass is 10.1. The minimum atomic E-state index is -0.447. The highest BCUT2D eigenvalue weighted by molar-refractivity contribution is 6.31. The molecule has 0 unspecified atom stereocenters. The molecule has 8 heteroatoms. The highest BCUT2D eigenvalue weighted by atomic mass is 35.5. The minimum Gasteiger partial charge on any atom is -0.496 e. The van der Waals surface area contributed by atoms with Gasteiger partial charge in [0.2, 0.25) is 0 Å². The van der Waals surface area contributed by atoms with Crippen molar-refractivity contribution in [1.82, 2.24) is 0 Å². The van der Waals surface area contributed by atoms with Gasteiger partial charge < -0.3 is 24.4 Å². The summed E-state index contributed by atoms with van der Waals surface area (Å²) < 4.78 is 15.8. The molecule has 0 spiro atoms. The summed E-state index contributed by atoms with van der Waals surface area (Å²) in [4.78, 5) is 27.3. The first-order chi connectivity index (χ1) is 14.0. The van der Waals surface area contributed by atoms with Gasteiger partial charge in [0, 0.05) is 18.1 Å². The smallest absolute Gasteiger partial charge is 0.338 e. The monoisotopic (exact) mass is 418 g/mol. The Balaban J connectivity index is 1.96. The molecule has 0 saturated carbocycles. The number of ether oxygens (including phenoxy) is 3. The zero-order valence-electron chi connectivity index (χ0n) is 16.4. The van der Waals surface area contributed by atoms with Crippen LogP contribution in [0.1, 0.15) is 27.6 Å². The Morgan fingerprint density at radius 3 is 2.62 bits per heavy atom. The van der Waals surface area contributed by atoms with Gasteiger partial charge in [-0.05, 0) is 43.3 Å². The molecule has 0 atom stereocenters. The van der Waals surface area contributed by atoms with Gasteiger partial charge in [-0.3, -0.25) is 4.79 Å². The summed E-state index contributed by atoms with van der Waals surface area (Å²) in [5.41, 5.74) is 1.96. The quantitative estimate of drug-likeness (QED) is 0.722. The zero-order valence-corrected chi connectivity index (χ0v) is 17.1. The zero-order chi connectivity index (χ0) is 20.8. The first kappa shape index (κ1) is 21.0. The average molecular weight is 419 g/mol. The summed E-state index contributed by atoms with van der Waals surface area (Å²) in [6, 6.07) is 9.95. The second-order valence-corrected chi connectivity index (χ2v) is 6.79. The van der Waals surface area contributed by atoms with Crippen LogP contribution in [0.3, 0.4) is 0 Å². The Hall–Kier alpha value is -2.77. The van der Waals surface area contributed by atoms with E-state index >= 15 is 0 Å². The van der Waals surface area contributed by atoms with Gasteiger partial charge in [0.1, 0.15) is 5.75 Å². The molecular formula is C21H23ClN2O5. The maximum absolute atomic E-state index is 13.0. The van der Waals surface area contributed by atoms with Crippen LogP contribution in [0, 0.1) is 0 Å². The number of nitrogens with one attached hydrogen (secondary N) is 1. The normalized spacial score (nSPS) is 13.7. The van der Waals surface area contributed by atoms with Gasteiger partial charge in [-0.25, -0.2) is 4.79 Å². The molecule has 1 amide bonds. The maximum Gasteiger partial charge on any atom is 0.338 e. The lowest BCUT2D eigenvalue weighted by Gasteiger charge is -2.30. The van der Waals surface area contributed by atoms with Crippen molar-refractivity contribution in [2.75, 3.05) is 50.2 Å². The van der Waals surface area contributed by atoms with E-state index in [4.69, 9.17) is 25.8 Å². The highest BCUT2D eigenvalue weighted by Gasteiger charge is 2.20. The molecule has 1 heterocycles. The lowest BCUT2D eigenvalue weighted by Crippen LogP contribution is -2.36. The average Bonchev–Trinajstić information content (AvgIpc) is 2.74. The predicted molar refractivity (Wildman–Crippen MR) is 111 cm³/mol. The Morgan fingerprint density at radius 1 is 1.17 bits per heavy atom. The van der Waals surface area contributed by atoms with Gasteiger partial charge in [0.05, 0.1) is 49.4 Å². The molecule has 1 saturated heterocycles. The Labute approximate surface area is 174 Å². The van der Waals surface area contributed by atoms with E-state index in [1.54, 1.807) is 37.3 Å². The van der Waals surface area contributed by atoms with Crippen LogP contribution in [0.4, 0.5) is 11.4 Å². The van der Waals surface area contributed by atoms with Crippen molar-refractivity contribution < 1.29 is 23.8 Å². The van der Waals surface area contributed by atoms with E-state index in [0.29, 0.717) is 53.9 Å². The van der Waals surface area contributed by atoms with Crippen molar-refractivity contribution in [1.29, 1.82) is 0 Å². The molecule has 2 aromatic rings. The number of carbonyl (C=O) groups is 2. The van der Waals surface area contributed by atoms with E-state index in [-0.39, 0.29) is 12.5 Å². The van der Waals surface area contributed by atoms with E-state index in [9.17, 15) is 9.59 Å². The number of carbonyl (C=O) groups excluding carboxylic acids is 2. The number of hydrogen-bond acceptors (Lipinski definition) is 6. The Morgan fingerprint density at radius 2 is 1.93 bits per heavy atom. The number of morpholine rings is 1. The summed E-state index contributed by atoms with van der Waals surface area (Å²) >= 11 is 6.06. The molecule has 1 N–H and O–H groups in total. The molecule has 1 aliphatic heterocycles. The van der Waals surface area contributed by atoms with Gasteiger partial charge in [0.15, 0.2) is 0 Å². The number of rotatable bonds is 6. The maximum atomic E-state index is 13.0. The topological polar surface area (TPSA) is 77.1 Å². The molecule has 7 nitrogen and oxygen atoms in total. The standard InChI is InChI=1S/C21H23ClN2O5/c1-3-29-21(26)14-4-6-18(24-8-10-28-11-9-24)17(12-14)23-20(25)16-13-15(22)5-7-19(16)27-2/h4-7,12-13H,3,8-11H2,1-2H3,(H,23,25). The molecular weight excluding hydrogens is 396 g/mol. The SMILES string of the molecule is CCOC(=O)c1ccc(N2CCOCC2)c(NC(=O)c2cc(Cl)ccc2OC)c1. The number of nitrogens with zero attached hydrogens (tertiary/aromatic N) is 1. The van der Waals surface area contributed by atoms with Crippen molar-refractivity contribution in [3.8, 4) is 5.75 Å². The van der Waals surface area contributed by atoms with Crippen LogP contribution < -0.4 is 15.0 Å².